The summed E-state index contributed by atoms with van der Waals surface area (Å²) < 4.78 is 2.02. The lowest BCUT2D eigenvalue weighted by atomic mass is 10.1. The van der Waals surface area contributed by atoms with Crippen LogP contribution in [0.5, 0.6) is 0 Å². The van der Waals surface area contributed by atoms with Crippen LogP contribution in [0, 0.1) is 6.92 Å². The van der Waals surface area contributed by atoms with E-state index >= 15 is 0 Å². The molecule has 1 saturated heterocycles. The summed E-state index contributed by atoms with van der Waals surface area (Å²) in [7, 11) is 1.97. The van der Waals surface area contributed by atoms with Gasteiger partial charge in [0.15, 0.2) is 0 Å². The predicted molar refractivity (Wildman–Crippen MR) is 138 cm³/mol. The van der Waals surface area contributed by atoms with Crippen molar-refractivity contribution in [1.82, 2.24) is 24.3 Å². The number of amides is 1. The summed E-state index contributed by atoms with van der Waals surface area (Å²) in [5, 5.41) is 10.1. The fourth-order valence-corrected chi connectivity index (χ4v) is 4.59. The summed E-state index contributed by atoms with van der Waals surface area (Å²) in [6.07, 6.45) is 3.82. The van der Waals surface area contributed by atoms with Crippen LogP contribution in [0.15, 0.2) is 67.0 Å². The molecule has 0 spiro atoms. The Morgan fingerprint density at radius 3 is 2.49 bits per heavy atom. The van der Waals surface area contributed by atoms with Crippen LogP contribution < -0.4 is 4.90 Å². The smallest absolute Gasteiger partial charge is 0.253 e. The molecule has 8 heteroatoms. The number of hydrogen-bond donors (Lipinski definition) is 1. The molecule has 180 valence electrons. The monoisotopic (exact) mass is 470 g/mol. The number of carbonyl (C=O) groups excluding carboxylic acids is 1. The number of nitrogens with zero attached hydrogens (tertiary/aromatic N) is 6. The number of aromatic nitrogens is 3. The van der Waals surface area contributed by atoms with Gasteiger partial charge < -0.3 is 19.5 Å². The summed E-state index contributed by atoms with van der Waals surface area (Å²) in [5.41, 5.74) is 4.65. The molecular formula is C27H30N6O2. The molecule has 5 rings (SSSR count). The second-order valence-corrected chi connectivity index (χ2v) is 8.88. The lowest BCUT2D eigenvalue weighted by Gasteiger charge is -2.34. The van der Waals surface area contributed by atoms with Gasteiger partial charge >= 0.3 is 0 Å². The highest BCUT2D eigenvalue weighted by molar-refractivity contribution is 5.94. The molecule has 0 bridgehead atoms. The molecule has 35 heavy (non-hydrogen) atoms. The van der Waals surface area contributed by atoms with Gasteiger partial charge in [-0.15, -0.1) is 0 Å². The summed E-state index contributed by atoms with van der Waals surface area (Å²) in [6.45, 7) is 5.82. The van der Waals surface area contributed by atoms with Crippen molar-refractivity contribution in [3.05, 3.63) is 78.1 Å². The Balaban J connectivity index is 1.36. The minimum Gasteiger partial charge on any atom is -0.395 e. The number of anilines is 2. The van der Waals surface area contributed by atoms with E-state index in [1.54, 1.807) is 0 Å². The Morgan fingerprint density at radius 1 is 1.03 bits per heavy atom. The maximum atomic E-state index is 13.0. The largest absolute Gasteiger partial charge is 0.395 e. The normalized spacial score (nSPS) is 14.4. The zero-order valence-electron chi connectivity index (χ0n) is 20.1. The van der Waals surface area contributed by atoms with Crippen molar-refractivity contribution in [3.63, 3.8) is 0 Å². The summed E-state index contributed by atoms with van der Waals surface area (Å²) >= 11 is 0. The number of β-amino-alcohol motifs (C(OH)–C–C–N with tert-alkyl or cyclic N) is 1. The molecule has 1 fully saturated rings. The number of carbonyl (C=O) groups is 1. The van der Waals surface area contributed by atoms with E-state index in [4.69, 9.17) is 10.1 Å². The SMILES string of the molecule is Cc1ccccc1N(C)c1ncc2ccn(-c3ccc(C(=O)N4CCN(CCO)CC4)cc3)c2n1. The van der Waals surface area contributed by atoms with Gasteiger partial charge in [0.1, 0.15) is 5.65 Å². The van der Waals surface area contributed by atoms with Crippen molar-refractivity contribution in [2.75, 3.05) is 51.3 Å². The van der Waals surface area contributed by atoms with Gasteiger partial charge in [0, 0.05) is 74.5 Å². The third-order valence-corrected chi connectivity index (χ3v) is 6.66. The van der Waals surface area contributed by atoms with Gasteiger partial charge in [-0.3, -0.25) is 9.69 Å². The number of para-hydroxylation sites is 1. The van der Waals surface area contributed by atoms with E-state index in [1.807, 2.05) is 76.3 Å². The minimum absolute atomic E-state index is 0.0435. The second-order valence-electron chi connectivity index (χ2n) is 8.88. The number of aliphatic hydroxyl groups is 1. The van der Waals surface area contributed by atoms with Crippen LogP contribution in [0.1, 0.15) is 15.9 Å². The van der Waals surface area contributed by atoms with E-state index < -0.39 is 0 Å². The highest BCUT2D eigenvalue weighted by Gasteiger charge is 2.22. The van der Waals surface area contributed by atoms with Crippen molar-refractivity contribution < 1.29 is 9.90 Å². The first-order valence-electron chi connectivity index (χ1n) is 11.9. The number of aliphatic hydroxyl groups excluding tert-OH is 1. The van der Waals surface area contributed by atoms with E-state index in [-0.39, 0.29) is 12.5 Å². The number of piperazine rings is 1. The van der Waals surface area contributed by atoms with Crippen molar-refractivity contribution in [3.8, 4) is 5.69 Å². The van der Waals surface area contributed by atoms with Crippen molar-refractivity contribution in [1.29, 1.82) is 0 Å². The molecule has 1 aliphatic rings. The van der Waals surface area contributed by atoms with Gasteiger partial charge in [0.2, 0.25) is 5.95 Å². The third-order valence-electron chi connectivity index (χ3n) is 6.66. The fourth-order valence-electron chi connectivity index (χ4n) is 4.59. The van der Waals surface area contributed by atoms with Crippen LogP contribution in [-0.2, 0) is 0 Å². The summed E-state index contributed by atoms with van der Waals surface area (Å²) in [6, 6.07) is 17.8. The van der Waals surface area contributed by atoms with Crippen molar-refractivity contribution >= 4 is 28.6 Å². The van der Waals surface area contributed by atoms with Crippen molar-refractivity contribution in [2.24, 2.45) is 0 Å². The number of aryl methyl sites for hydroxylation is 1. The third kappa shape index (κ3) is 4.62. The standard InChI is InChI=1S/C27H30N6O2/c1-20-5-3-4-6-24(20)30(2)27-28-19-22-11-12-33(25(22)29-27)23-9-7-21(8-10-23)26(35)32-15-13-31(14-16-32)17-18-34/h3-12,19,34H,13-18H2,1-2H3. The van der Waals surface area contributed by atoms with Crippen LogP contribution in [0.25, 0.3) is 16.7 Å². The van der Waals surface area contributed by atoms with Crippen LogP contribution in [0.2, 0.25) is 0 Å². The molecule has 2 aromatic carbocycles. The molecule has 8 nitrogen and oxygen atoms in total. The van der Waals surface area contributed by atoms with Gasteiger partial charge in [-0.25, -0.2) is 4.98 Å². The molecule has 1 amide bonds. The van der Waals surface area contributed by atoms with E-state index in [0.717, 1.165) is 41.1 Å². The zero-order valence-corrected chi connectivity index (χ0v) is 20.1. The molecule has 1 aliphatic heterocycles. The first-order chi connectivity index (χ1) is 17.0. The quantitative estimate of drug-likeness (QED) is 0.466. The maximum Gasteiger partial charge on any atom is 0.253 e. The van der Waals surface area contributed by atoms with Crippen LogP contribution in [0.3, 0.4) is 0 Å². The number of rotatable bonds is 6. The highest BCUT2D eigenvalue weighted by atomic mass is 16.3. The Hall–Kier alpha value is -3.75. The molecule has 0 radical (unpaired) electrons. The van der Waals surface area contributed by atoms with E-state index in [2.05, 4.69) is 28.9 Å². The lowest BCUT2D eigenvalue weighted by molar-refractivity contribution is 0.0615. The molecule has 0 atom stereocenters. The predicted octanol–water partition coefficient (Wildman–Crippen LogP) is 3.25. The number of fused-ring (bicyclic) bond motifs is 1. The van der Waals surface area contributed by atoms with E-state index in [1.165, 1.54) is 0 Å². The lowest BCUT2D eigenvalue weighted by Crippen LogP contribution is -2.49. The van der Waals surface area contributed by atoms with Gasteiger partial charge in [-0.1, -0.05) is 18.2 Å². The van der Waals surface area contributed by atoms with E-state index in [0.29, 0.717) is 31.1 Å². The molecular weight excluding hydrogens is 440 g/mol. The molecule has 0 saturated carbocycles. The minimum atomic E-state index is 0.0435. The van der Waals surface area contributed by atoms with Crippen LogP contribution in [0.4, 0.5) is 11.6 Å². The maximum absolute atomic E-state index is 13.0. The second kappa shape index (κ2) is 9.85. The fraction of sp³-hybridized carbons (Fsp3) is 0.296. The number of benzene rings is 2. The van der Waals surface area contributed by atoms with Gasteiger partial charge in [0.05, 0.1) is 6.61 Å². The van der Waals surface area contributed by atoms with Gasteiger partial charge in [0.25, 0.3) is 5.91 Å². The Labute approximate surface area is 205 Å². The van der Waals surface area contributed by atoms with Crippen molar-refractivity contribution in [2.45, 2.75) is 6.92 Å². The molecule has 3 heterocycles. The molecule has 2 aromatic heterocycles. The molecule has 0 unspecified atom stereocenters. The molecule has 0 aliphatic carbocycles. The molecule has 4 aromatic rings. The first kappa shape index (κ1) is 23.0. The molecule has 1 N–H and O–H groups in total. The Kier molecular flexibility index (Phi) is 6.48. The Morgan fingerprint density at radius 2 is 1.77 bits per heavy atom. The average molecular weight is 471 g/mol. The van der Waals surface area contributed by atoms with Gasteiger partial charge in [-0.05, 0) is 48.9 Å². The summed E-state index contributed by atoms with van der Waals surface area (Å²) in [4.78, 5) is 28.5. The first-order valence-corrected chi connectivity index (χ1v) is 11.9. The van der Waals surface area contributed by atoms with Gasteiger partial charge in [-0.2, -0.15) is 4.98 Å². The average Bonchev–Trinajstić information content (AvgIpc) is 3.32. The van der Waals surface area contributed by atoms with Crippen LogP contribution in [-0.4, -0.2) is 81.7 Å². The summed E-state index contributed by atoms with van der Waals surface area (Å²) in [5.74, 6) is 0.668. The van der Waals surface area contributed by atoms with E-state index in [9.17, 15) is 4.79 Å². The van der Waals surface area contributed by atoms with Crippen LogP contribution >= 0.6 is 0 Å². The zero-order chi connectivity index (χ0) is 24.4. The highest BCUT2D eigenvalue weighted by Crippen LogP contribution is 2.26. The topological polar surface area (TPSA) is 77.7 Å². The number of hydrogen-bond acceptors (Lipinski definition) is 6. The Bertz CT molecular complexity index is 1330.